The van der Waals surface area contributed by atoms with E-state index in [4.69, 9.17) is 10.2 Å². The first-order valence-corrected chi connectivity index (χ1v) is 11.1. The number of rotatable bonds is 6. The van der Waals surface area contributed by atoms with E-state index in [0.29, 0.717) is 16.4 Å². The molecule has 138 valence electrons. The van der Waals surface area contributed by atoms with Gasteiger partial charge in [-0.1, -0.05) is 36.0 Å². The lowest BCUT2D eigenvalue weighted by Gasteiger charge is -2.05. The first-order chi connectivity index (χ1) is 13.7. The molecule has 0 spiro atoms. The molecule has 4 aromatic rings. The maximum atomic E-state index is 12.3. The highest BCUT2D eigenvalue weighted by Crippen LogP contribution is 2.36. The SMILES string of the molecule is N#Cc1ccccc1NC(=O)CSc1nc(-c2cccs2)c(-c2cccs2)[nH]1. The summed E-state index contributed by atoms with van der Waals surface area (Å²) in [6.07, 6.45) is 0. The van der Waals surface area contributed by atoms with Crippen LogP contribution in [0.3, 0.4) is 0 Å². The summed E-state index contributed by atoms with van der Waals surface area (Å²) in [7, 11) is 0. The molecule has 0 aliphatic carbocycles. The number of thiophene rings is 2. The Balaban J connectivity index is 1.50. The van der Waals surface area contributed by atoms with E-state index in [2.05, 4.69) is 22.4 Å². The van der Waals surface area contributed by atoms with Gasteiger partial charge >= 0.3 is 0 Å². The minimum absolute atomic E-state index is 0.181. The van der Waals surface area contributed by atoms with E-state index in [1.54, 1.807) is 46.9 Å². The Morgan fingerprint density at radius 3 is 2.57 bits per heavy atom. The van der Waals surface area contributed by atoms with Gasteiger partial charge in [0.25, 0.3) is 0 Å². The summed E-state index contributed by atoms with van der Waals surface area (Å²) in [6.45, 7) is 0. The molecule has 3 heterocycles. The zero-order valence-electron chi connectivity index (χ0n) is 14.5. The van der Waals surface area contributed by atoms with Crippen LogP contribution in [0.4, 0.5) is 5.69 Å². The van der Waals surface area contributed by atoms with Crippen LogP contribution in [0, 0.1) is 11.3 Å². The molecule has 0 unspecified atom stereocenters. The average Bonchev–Trinajstić information content (AvgIpc) is 3.47. The number of aromatic amines is 1. The van der Waals surface area contributed by atoms with E-state index in [0.717, 1.165) is 21.1 Å². The van der Waals surface area contributed by atoms with Crippen LogP contribution in [0.25, 0.3) is 21.1 Å². The van der Waals surface area contributed by atoms with Gasteiger partial charge in [0.15, 0.2) is 5.16 Å². The monoisotopic (exact) mass is 422 g/mol. The number of para-hydroxylation sites is 1. The third-order valence-electron chi connectivity index (χ3n) is 3.87. The highest BCUT2D eigenvalue weighted by molar-refractivity contribution is 7.99. The van der Waals surface area contributed by atoms with Crippen LogP contribution in [0.2, 0.25) is 0 Å². The molecule has 0 radical (unpaired) electrons. The van der Waals surface area contributed by atoms with Crippen molar-refractivity contribution in [2.45, 2.75) is 5.16 Å². The van der Waals surface area contributed by atoms with Gasteiger partial charge in [-0.05, 0) is 35.0 Å². The van der Waals surface area contributed by atoms with Crippen molar-refractivity contribution < 1.29 is 4.79 Å². The van der Waals surface area contributed by atoms with E-state index >= 15 is 0 Å². The van der Waals surface area contributed by atoms with Gasteiger partial charge in [-0.15, -0.1) is 22.7 Å². The van der Waals surface area contributed by atoms with Crippen LogP contribution in [-0.2, 0) is 4.79 Å². The van der Waals surface area contributed by atoms with Gasteiger partial charge in [-0.2, -0.15) is 5.26 Å². The van der Waals surface area contributed by atoms with Gasteiger partial charge in [0.05, 0.1) is 32.5 Å². The number of carbonyl (C=O) groups excluding carboxylic acids is 1. The fraction of sp³-hybridized carbons (Fsp3) is 0.0500. The molecule has 0 saturated carbocycles. The number of benzene rings is 1. The second-order valence-electron chi connectivity index (χ2n) is 5.71. The van der Waals surface area contributed by atoms with Crippen LogP contribution < -0.4 is 5.32 Å². The molecule has 2 N–H and O–H groups in total. The Hall–Kier alpha value is -2.86. The van der Waals surface area contributed by atoms with Crippen LogP contribution in [0.1, 0.15) is 5.56 Å². The molecule has 0 atom stereocenters. The molecular formula is C20H14N4OS3. The first-order valence-electron chi connectivity index (χ1n) is 8.34. The smallest absolute Gasteiger partial charge is 0.234 e. The third-order valence-corrected chi connectivity index (χ3v) is 6.50. The standard InChI is InChI=1S/C20H14N4OS3/c21-11-13-5-1-2-6-14(13)22-17(25)12-28-20-23-18(15-7-3-9-26-15)19(24-20)16-8-4-10-27-16/h1-10H,12H2,(H,22,25)(H,23,24). The summed E-state index contributed by atoms with van der Waals surface area (Å²) in [5, 5.41) is 16.7. The molecule has 5 nitrogen and oxygen atoms in total. The van der Waals surface area contributed by atoms with Gasteiger partial charge in [-0.25, -0.2) is 4.98 Å². The maximum Gasteiger partial charge on any atom is 0.234 e. The molecule has 0 bridgehead atoms. The van der Waals surface area contributed by atoms with Crippen LogP contribution in [0.5, 0.6) is 0 Å². The van der Waals surface area contributed by atoms with Crippen LogP contribution >= 0.6 is 34.4 Å². The fourth-order valence-corrected chi connectivity index (χ4v) is 4.74. The summed E-state index contributed by atoms with van der Waals surface area (Å²) in [5.41, 5.74) is 2.83. The molecule has 28 heavy (non-hydrogen) atoms. The van der Waals surface area contributed by atoms with E-state index in [9.17, 15) is 4.79 Å². The second-order valence-corrected chi connectivity index (χ2v) is 8.57. The number of nitrogens with zero attached hydrogens (tertiary/aromatic N) is 2. The van der Waals surface area contributed by atoms with Gasteiger partial charge in [0.1, 0.15) is 11.8 Å². The molecule has 4 rings (SSSR count). The number of H-pyrrole nitrogens is 1. The average molecular weight is 423 g/mol. The topological polar surface area (TPSA) is 81.6 Å². The summed E-state index contributed by atoms with van der Waals surface area (Å²) in [6, 6.07) is 17.1. The normalized spacial score (nSPS) is 10.5. The van der Waals surface area contributed by atoms with Gasteiger partial charge in [0.2, 0.25) is 5.91 Å². The summed E-state index contributed by atoms with van der Waals surface area (Å²) >= 11 is 4.62. The Morgan fingerprint density at radius 1 is 1.11 bits per heavy atom. The van der Waals surface area contributed by atoms with Crippen LogP contribution in [-0.4, -0.2) is 21.6 Å². The lowest BCUT2D eigenvalue weighted by Crippen LogP contribution is -2.15. The van der Waals surface area contributed by atoms with Gasteiger partial charge in [0, 0.05) is 0 Å². The number of hydrogen-bond acceptors (Lipinski definition) is 6. The Bertz CT molecular complexity index is 1070. The van der Waals surface area contributed by atoms with Crippen molar-refractivity contribution in [2.75, 3.05) is 11.1 Å². The Morgan fingerprint density at radius 2 is 1.86 bits per heavy atom. The quantitative estimate of drug-likeness (QED) is 0.404. The molecule has 1 aromatic carbocycles. The fourth-order valence-electron chi connectivity index (χ4n) is 2.62. The molecule has 1 amide bonds. The zero-order valence-corrected chi connectivity index (χ0v) is 17.0. The van der Waals surface area contributed by atoms with Crippen molar-refractivity contribution in [3.8, 4) is 27.2 Å². The lowest BCUT2D eigenvalue weighted by molar-refractivity contribution is -0.113. The molecule has 8 heteroatoms. The molecule has 0 fully saturated rings. The number of carbonyl (C=O) groups is 1. The van der Waals surface area contributed by atoms with Crippen molar-refractivity contribution in [1.82, 2.24) is 9.97 Å². The predicted octanol–water partition coefficient (Wildman–Crippen LogP) is 5.47. The summed E-state index contributed by atoms with van der Waals surface area (Å²) in [4.78, 5) is 22.6. The number of imidazole rings is 1. The van der Waals surface area contributed by atoms with Gasteiger partial charge < -0.3 is 10.3 Å². The van der Waals surface area contributed by atoms with Crippen molar-refractivity contribution in [2.24, 2.45) is 0 Å². The summed E-state index contributed by atoms with van der Waals surface area (Å²) in [5.74, 6) is 0.0144. The van der Waals surface area contributed by atoms with E-state index in [1.807, 2.05) is 29.0 Å². The highest BCUT2D eigenvalue weighted by Gasteiger charge is 2.17. The van der Waals surface area contributed by atoms with Crippen molar-refractivity contribution in [3.05, 3.63) is 64.9 Å². The van der Waals surface area contributed by atoms with Crippen molar-refractivity contribution in [1.29, 1.82) is 5.26 Å². The molecular weight excluding hydrogens is 408 g/mol. The number of amides is 1. The maximum absolute atomic E-state index is 12.3. The number of nitriles is 1. The predicted molar refractivity (Wildman–Crippen MR) is 116 cm³/mol. The lowest BCUT2D eigenvalue weighted by atomic mass is 10.2. The highest BCUT2D eigenvalue weighted by atomic mass is 32.2. The number of nitrogens with one attached hydrogen (secondary N) is 2. The largest absolute Gasteiger partial charge is 0.332 e. The minimum Gasteiger partial charge on any atom is -0.332 e. The molecule has 0 aliphatic rings. The van der Waals surface area contributed by atoms with Crippen molar-refractivity contribution >= 4 is 46.0 Å². The van der Waals surface area contributed by atoms with E-state index in [-0.39, 0.29) is 11.7 Å². The first kappa shape index (κ1) is 18.5. The zero-order chi connectivity index (χ0) is 19.3. The number of anilines is 1. The second kappa shape index (κ2) is 8.44. The molecule has 3 aromatic heterocycles. The van der Waals surface area contributed by atoms with Gasteiger partial charge in [-0.3, -0.25) is 4.79 Å². The van der Waals surface area contributed by atoms with E-state index in [1.165, 1.54) is 11.8 Å². The minimum atomic E-state index is -0.181. The number of aromatic nitrogens is 2. The number of thioether (sulfide) groups is 1. The number of hydrogen-bond donors (Lipinski definition) is 2. The summed E-state index contributed by atoms with van der Waals surface area (Å²) < 4.78 is 0. The van der Waals surface area contributed by atoms with Crippen LogP contribution in [0.15, 0.2) is 64.4 Å². The molecule has 0 saturated heterocycles. The Kier molecular flexibility index (Phi) is 5.58. The van der Waals surface area contributed by atoms with E-state index < -0.39 is 0 Å². The molecule has 0 aliphatic heterocycles. The Labute approximate surface area is 174 Å². The van der Waals surface area contributed by atoms with Crippen molar-refractivity contribution in [3.63, 3.8) is 0 Å². The third kappa shape index (κ3) is 4.02.